The van der Waals surface area contributed by atoms with E-state index in [0.717, 1.165) is 23.4 Å². The van der Waals surface area contributed by atoms with E-state index in [1.54, 1.807) is 6.20 Å². The van der Waals surface area contributed by atoms with Crippen molar-refractivity contribution in [3.63, 3.8) is 0 Å². The standard InChI is InChI=1S/C27H29FN4O3S/c28-22-9-11-24(12-10-22)36(34,35)31-18-14-27(15-19-31)30-25(20-21-6-2-1-3-7-21)26(33)32(27)17-13-23-8-4-5-16-29-23/h1-12,16,25,30H,13-15,17-20H2/t25-/m1/s1. The molecule has 1 atom stereocenters. The molecule has 1 spiro atoms. The maximum Gasteiger partial charge on any atom is 0.243 e. The fourth-order valence-corrected chi connectivity index (χ4v) is 6.66. The molecule has 1 N–H and O–H groups in total. The summed E-state index contributed by atoms with van der Waals surface area (Å²) in [6.07, 6.45) is 3.86. The van der Waals surface area contributed by atoms with E-state index in [9.17, 15) is 17.6 Å². The van der Waals surface area contributed by atoms with Crippen molar-refractivity contribution >= 4 is 15.9 Å². The first-order valence-electron chi connectivity index (χ1n) is 12.2. The number of nitrogens with zero attached hydrogens (tertiary/aromatic N) is 3. The van der Waals surface area contributed by atoms with Gasteiger partial charge < -0.3 is 4.90 Å². The van der Waals surface area contributed by atoms with Crippen LogP contribution >= 0.6 is 0 Å². The number of pyridine rings is 1. The molecule has 3 heterocycles. The SMILES string of the molecule is O=C1[C@@H](Cc2ccccc2)NC2(CCN(S(=O)(=O)c3ccc(F)cc3)CC2)N1CCc1ccccn1. The van der Waals surface area contributed by atoms with Crippen molar-refractivity contribution < 1.29 is 17.6 Å². The molecule has 1 aromatic heterocycles. The number of carbonyl (C=O) groups excluding carboxylic acids is 1. The maximum absolute atomic E-state index is 13.6. The lowest BCUT2D eigenvalue weighted by Gasteiger charge is -2.44. The molecule has 2 aromatic carbocycles. The van der Waals surface area contributed by atoms with Gasteiger partial charge in [-0.05, 0) is 61.2 Å². The highest BCUT2D eigenvalue weighted by molar-refractivity contribution is 7.89. The van der Waals surface area contributed by atoms with Crippen LogP contribution in [0.2, 0.25) is 0 Å². The molecule has 3 aromatic rings. The summed E-state index contributed by atoms with van der Waals surface area (Å²) >= 11 is 0. The van der Waals surface area contributed by atoms with Crippen LogP contribution in [0.5, 0.6) is 0 Å². The van der Waals surface area contributed by atoms with Crippen LogP contribution in [0.15, 0.2) is 83.9 Å². The van der Waals surface area contributed by atoms with Gasteiger partial charge in [0.2, 0.25) is 15.9 Å². The third-order valence-electron chi connectivity index (χ3n) is 7.13. The normalized spacial score (nSPS) is 20.2. The Balaban J connectivity index is 1.35. The number of carbonyl (C=O) groups is 1. The minimum atomic E-state index is -3.75. The number of aromatic nitrogens is 1. The van der Waals surface area contributed by atoms with E-state index in [-0.39, 0.29) is 29.9 Å². The van der Waals surface area contributed by atoms with Gasteiger partial charge >= 0.3 is 0 Å². The lowest BCUT2D eigenvalue weighted by atomic mass is 9.97. The third kappa shape index (κ3) is 4.91. The molecule has 0 unspecified atom stereocenters. The summed E-state index contributed by atoms with van der Waals surface area (Å²) in [5.74, 6) is -0.446. The first-order valence-corrected chi connectivity index (χ1v) is 13.6. The zero-order valence-corrected chi connectivity index (χ0v) is 20.7. The summed E-state index contributed by atoms with van der Waals surface area (Å²) < 4.78 is 41.1. The Labute approximate surface area is 211 Å². The van der Waals surface area contributed by atoms with Gasteiger partial charge in [-0.1, -0.05) is 36.4 Å². The van der Waals surface area contributed by atoms with Crippen LogP contribution in [0.3, 0.4) is 0 Å². The van der Waals surface area contributed by atoms with Crippen molar-refractivity contribution in [3.05, 3.63) is 96.1 Å². The van der Waals surface area contributed by atoms with E-state index >= 15 is 0 Å². The zero-order valence-electron chi connectivity index (χ0n) is 19.9. The van der Waals surface area contributed by atoms with E-state index in [2.05, 4.69) is 10.3 Å². The summed E-state index contributed by atoms with van der Waals surface area (Å²) in [5, 5.41) is 3.60. The van der Waals surface area contributed by atoms with Crippen molar-refractivity contribution in [1.29, 1.82) is 0 Å². The molecule has 1 amide bonds. The predicted molar refractivity (Wildman–Crippen MR) is 134 cm³/mol. The van der Waals surface area contributed by atoms with Crippen LogP contribution in [0.25, 0.3) is 0 Å². The number of halogens is 1. The Bertz CT molecular complexity index is 1300. The second-order valence-electron chi connectivity index (χ2n) is 9.34. The Hall–Kier alpha value is -3.14. The highest BCUT2D eigenvalue weighted by atomic mass is 32.2. The summed E-state index contributed by atoms with van der Waals surface area (Å²) in [6.45, 7) is 1.02. The Morgan fingerprint density at radius 2 is 1.67 bits per heavy atom. The molecule has 0 radical (unpaired) electrons. The number of benzene rings is 2. The predicted octanol–water partition coefficient (Wildman–Crippen LogP) is 2.99. The van der Waals surface area contributed by atoms with E-state index in [1.165, 1.54) is 16.4 Å². The van der Waals surface area contributed by atoms with Crippen molar-refractivity contribution in [1.82, 2.24) is 19.5 Å². The van der Waals surface area contributed by atoms with Gasteiger partial charge in [-0.15, -0.1) is 0 Å². The van der Waals surface area contributed by atoms with Gasteiger partial charge in [0.15, 0.2) is 0 Å². The fraction of sp³-hybridized carbons (Fsp3) is 0.333. The number of rotatable bonds is 7. The fourth-order valence-electron chi connectivity index (χ4n) is 5.21. The second-order valence-corrected chi connectivity index (χ2v) is 11.3. The first-order chi connectivity index (χ1) is 17.4. The number of piperidine rings is 1. The Kier molecular flexibility index (Phi) is 6.87. The van der Waals surface area contributed by atoms with Gasteiger partial charge in [-0.3, -0.25) is 15.1 Å². The lowest BCUT2D eigenvalue weighted by Crippen LogP contribution is -2.59. The molecule has 0 bridgehead atoms. The van der Waals surface area contributed by atoms with Crippen LogP contribution in [0.1, 0.15) is 24.1 Å². The molecule has 0 saturated carbocycles. The molecular formula is C27H29FN4O3S. The quantitative estimate of drug-likeness (QED) is 0.531. The molecule has 2 fully saturated rings. The van der Waals surface area contributed by atoms with Gasteiger partial charge in [0.1, 0.15) is 5.82 Å². The summed E-state index contributed by atoms with van der Waals surface area (Å²) in [6, 6.07) is 20.1. The van der Waals surface area contributed by atoms with Crippen molar-refractivity contribution in [3.8, 4) is 0 Å². The van der Waals surface area contributed by atoms with Gasteiger partial charge in [0.05, 0.1) is 16.6 Å². The molecule has 5 rings (SSSR count). The average Bonchev–Trinajstić information content (AvgIpc) is 3.14. The summed E-state index contributed by atoms with van der Waals surface area (Å²) in [7, 11) is -3.75. The van der Waals surface area contributed by atoms with Crippen molar-refractivity contribution in [2.75, 3.05) is 19.6 Å². The minimum absolute atomic E-state index is 0.0321. The number of sulfonamides is 1. The largest absolute Gasteiger partial charge is 0.323 e. The maximum atomic E-state index is 13.6. The molecule has 2 aliphatic heterocycles. The lowest BCUT2D eigenvalue weighted by molar-refractivity contribution is -0.133. The summed E-state index contributed by atoms with van der Waals surface area (Å²) in [5.41, 5.74) is 1.35. The van der Waals surface area contributed by atoms with Gasteiger partial charge in [0, 0.05) is 37.9 Å². The molecule has 2 saturated heterocycles. The Morgan fingerprint density at radius 3 is 2.33 bits per heavy atom. The molecule has 7 nitrogen and oxygen atoms in total. The molecule has 2 aliphatic rings. The third-order valence-corrected chi connectivity index (χ3v) is 9.04. The van der Waals surface area contributed by atoms with Gasteiger partial charge in [-0.2, -0.15) is 4.31 Å². The topological polar surface area (TPSA) is 82.6 Å². The number of hydrogen-bond acceptors (Lipinski definition) is 5. The molecule has 188 valence electrons. The van der Waals surface area contributed by atoms with Crippen molar-refractivity contribution in [2.24, 2.45) is 0 Å². The van der Waals surface area contributed by atoms with Crippen LogP contribution in [-0.4, -0.2) is 59.9 Å². The second kappa shape index (κ2) is 10.1. The summed E-state index contributed by atoms with van der Waals surface area (Å²) in [4.78, 5) is 20.0. The van der Waals surface area contributed by atoms with Crippen LogP contribution in [-0.2, 0) is 27.7 Å². The van der Waals surface area contributed by atoms with Crippen LogP contribution < -0.4 is 5.32 Å². The van der Waals surface area contributed by atoms with Gasteiger partial charge in [0.25, 0.3) is 0 Å². The smallest absolute Gasteiger partial charge is 0.243 e. The number of nitrogens with one attached hydrogen (secondary N) is 1. The molecule has 9 heteroatoms. The Morgan fingerprint density at radius 1 is 0.972 bits per heavy atom. The van der Waals surface area contributed by atoms with E-state index < -0.39 is 21.5 Å². The van der Waals surface area contributed by atoms with Crippen molar-refractivity contribution in [2.45, 2.75) is 42.3 Å². The first kappa shape index (κ1) is 24.5. The van der Waals surface area contributed by atoms with Gasteiger partial charge in [-0.25, -0.2) is 12.8 Å². The average molecular weight is 509 g/mol. The molecule has 36 heavy (non-hydrogen) atoms. The highest BCUT2D eigenvalue weighted by Gasteiger charge is 2.52. The van der Waals surface area contributed by atoms with E-state index in [1.807, 2.05) is 53.4 Å². The molecule has 0 aliphatic carbocycles. The van der Waals surface area contributed by atoms with E-state index in [0.29, 0.717) is 32.2 Å². The highest BCUT2D eigenvalue weighted by Crippen LogP contribution is 2.35. The monoisotopic (exact) mass is 508 g/mol. The molecular weight excluding hydrogens is 479 g/mol. The number of hydrogen-bond donors (Lipinski definition) is 1. The van der Waals surface area contributed by atoms with Crippen LogP contribution in [0, 0.1) is 5.82 Å². The zero-order chi connectivity index (χ0) is 25.2. The van der Waals surface area contributed by atoms with E-state index in [4.69, 9.17) is 0 Å². The number of amides is 1. The van der Waals surface area contributed by atoms with Crippen LogP contribution in [0.4, 0.5) is 4.39 Å². The minimum Gasteiger partial charge on any atom is -0.323 e.